The van der Waals surface area contributed by atoms with E-state index in [1.54, 1.807) is 17.5 Å². The van der Waals surface area contributed by atoms with Crippen molar-refractivity contribution in [3.63, 3.8) is 0 Å². The maximum absolute atomic E-state index is 11.8. The Morgan fingerprint density at radius 2 is 2.19 bits per heavy atom. The number of aromatic nitrogens is 1. The molecule has 3 rings (SSSR count). The summed E-state index contributed by atoms with van der Waals surface area (Å²) in [6.45, 7) is 0. The highest BCUT2D eigenvalue weighted by Crippen LogP contribution is 2.30. The van der Waals surface area contributed by atoms with Gasteiger partial charge in [0.2, 0.25) is 0 Å². The van der Waals surface area contributed by atoms with Crippen molar-refractivity contribution in [1.29, 1.82) is 0 Å². The molecule has 1 saturated carbocycles. The SMILES string of the molecule is CS(=O)(=O)C1CCCC1Nc1cccc(-c2nccs2)c1. The van der Waals surface area contributed by atoms with Crippen LogP contribution >= 0.6 is 11.3 Å². The molecule has 112 valence electrons. The number of rotatable bonds is 4. The molecular weight excluding hydrogens is 304 g/mol. The zero-order valence-corrected chi connectivity index (χ0v) is 13.5. The molecule has 1 N–H and O–H groups in total. The summed E-state index contributed by atoms with van der Waals surface area (Å²) in [6.07, 6.45) is 5.74. The lowest BCUT2D eigenvalue weighted by Gasteiger charge is -2.21. The van der Waals surface area contributed by atoms with Crippen LogP contribution in [0.15, 0.2) is 35.8 Å². The fourth-order valence-electron chi connectivity index (χ4n) is 2.93. The predicted molar refractivity (Wildman–Crippen MR) is 87.4 cm³/mol. The molecule has 2 unspecified atom stereocenters. The van der Waals surface area contributed by atoms with E-state index in [0.29, 0.717) is 0 Å². The molecule has 1 heterocycles. The summed E-state index contributed by atoms with van der Waals surface area (Å²) < 4.78 is 23.7. The van der Waals surface area contributed by atoms with Gasteiger partial charge in [0, 0.05) is 35.1 Å². The highest BCUT2D eigenvalue weighted by molar-refractivity contribution is 7.91. The molecule has 1 fully saturated rings. The largest absolute Gasteiger partial charge is 0.381 e. The Balaban J connectivity index is 1.81. The second kappa shape index (κ2) is 5.77. The van der Waals surface area contributed by atoms with Gasteiger partial charge in [-0.1, -0.05) is 12.1 Å². The van der Waals surface area contributed by atoms with Gasteiger partial charge in [0.05, 0.1) is 5.25 Å². The Bertz CT molecular complexity index is 711. The van der Waals surface area contributed by atoms with Crippen LogP contribution in [0.4, 0.5) is 5.69 Å². The number of thiazole rings is 1. The molecule has 6 heteroatoms. The summed E-state index contributed by atoms with van der Waals surface area (Å²) in [7, 11) is -3.00. The molecule has 1 aromatic carbocycles. The summed E-state index contributed by atoms with van der Waals surface area (Å²) >= 11 is 1.60. The van der Waals surface area contributed by atoms with Crippen LogP contribution in [0, 0.1) is 0 Å². The number of sulfone groups is 1. The molecule has 0 saturated heterocycles. The molecule has 2 atom stereocenters. The number of benzene rings is 1. The lowest BCUT2D eigenvalue weighted by atomic mass is 10.1. The van der Waals surface area contributed by atoms with Gasteiger partial charge in [-0.15, -0.1) is 11.3 Å². The lowest BCUT2D eigenvalue weighted by molar-refractivity contribution is 0.579. The number of nitrogens with one attached hydrogen (secondary N) is 1. The Morgan fingerprint density at radius 1 is 1.33 bits per heavy atom. The third-order valence-corrected chi connectivity index (χ3v) is 6.38. The van der Waals surface area contributed by atoms with Crippen molar-refractivity contribution in [1.82, 2.24) is 4.98 Å². The summed E-state index contributed by atoms with van der Waals surface area (Å²) in [4.78, 5) is 4.31. The first kappa shape index (κ1) is 14.5. The average Bonchev–Trinajstić information content (AvgIpc) is 3.09. The maximum atomic E-state index is 11.8. The Labute approximate surface area is 129 Å². The molecule has 0 radical (unpaired) electrons. The van der Waals surface area contributed by atoms with Crippen LogP contribution in [0.25, 0.3) is 10.6 Å². The van der Waals surface area contributed by atoms with E-state index < -0.39 is 9.84 Å². The average molecular weight is 322 g/mol. The third kappa shape index (κ3) is 3.27. The van der Waals surface area contributed by atoms with Gasteiger partial charge in [0.1, 0.15) is 5.01 Å². The van der Waals surface area contributed by atoms with Gasteiger partial charge in [0.15, 0.2) is 9.84 Å². The normalized spacial score (nSPS) is 22.3. The summed E-state index contributed by atoms with van der Waals surface area (Å²) in [6, 6.07) is 8.02. The molecule has 0 bridgehead atoms. The smallest absolute Gasteiger partial charge is 0.152 e. The Hall–Kier alpha value is -1.40. The number of hydrogen-bond acceptors (Lipinski definition) is 5. The minimum Gasteiger partial charge on any atom is -0.381 e. The van der Waals surface area contributed by atoms with Gasteiger partial charge >= 0.3 is 0 Å². The standard InChI is InChI=1S/C15H18N2O2S2/c1-21(18,19)14-7-3-6-13(14)17-12-5-2-4-11(10-12)15-16-8-9-20-15/h2,4-5,8-10,13-14,17H,3,6-7H2,1H3. The summed E-state index contributed by atoms with van der Waals surface area (Å²) in [5, 5.41) is 6.05. The molecule has 21 heavy (non-hydrogen) atoms. The molecule has 2 aromatic rings. The van der Waals surface area contributed by atoms with Gasteiger partial charge in [-0.25, -0.2) is 13.4 Å². The van der Waals surface area contributed by atoms with Crippen molar-refractivity contribution in [2.24, 2.45) is 0 Å². The van der Waals surface area contributed by atoms with E-state index in [2.05, 4.69) is 10.3 Å². The maximum Gasteiger partial charge on any atom is 0.152 e. The van der Waals surface area contributed by atoms with Crippen molar-refractivity contribution in [3.8, 4) is 10.6 Å². The zero-order chi connectivity index (χ0) is 14.9. The van der Waals surface area contributed by atoms with Crippen molar-refractivity contribution in [2.75, 3.05) is 11.6 Å². The van der Waals surface area contributed by atoms with Gasteiger partial charge in [-0.3, -0.25) is 0 Å². The molecule has 0 spiro atoms. The van der Waals surface area contributed by atoms with E-state index >= 15 is 0 Å². The zero-order valence-electron chi connectivity index (χ0n) is 11.8. The van der Waals surface area contributed by atoms with Crippen LogP contribution < -0.4 is 5.32 Å². The van der Waals surface area contributed by atoms with Crippen LogP contribution in [0.3, 0.4) is 0 Å². The number of nitrogens with zero attached hydrogens (tertiary/aromatic N) is 1. The summed E-state index contributed by atoms with van der Waals surface area (Å²) in [5.41, 5.74) is 2.02. The second-order valence-electron chi connectivity index (χ2n) is 5.47. The quantitative estimate of drug-likeness (QED) is 0.939. The first-order valence-corrected chi connectivity index (χ1v) is 9.83. The van der Waals surface area contributed by atoms with E-state index in [-0.39, 0.29) is 11.3 Å². The minimum atomic E-state index is -3.00. The van der Waals surface area contributed by atoms with Crippen LogP contribution in [0.2, 0.25) is 0 Å². The molecule has 1 aromatic heterocycles. The second-order valence-corrected chi connectivity index (χ2v) is 8.63. The van der Waals surface area contributed by atoms with E-state index in [1.807, 2.05) is 29.6 Å². The van der Waals surface area contributed by atoms with Crippen molar-refractivity contribution in [2.45, 2.75) is 30.6 Å². The van der Waals surface area contributed by atoms with Crippen molar-refractivity contribution >= 4 is 26.9 Å². The molecule has 1 aliphatic carbocycles. The molecule has 0 amide bonds. The fourth-order valence-corrected chi connectivity index (χ4v) is 4.96. The lowest BCUT2D eigenvalue weighted by Crippen LogP contribution is -2.34. The van der Waals surface area contributed by atoms with Crippen LogP contribution in [-0.2, 0) is 9.84 Å². The van der Waals surface area contributed by atoms with E-state index in [0.717, 1.165) is 35.5 Å². The molecule has 4 nitrogen and oxygen atoms in total. The molecular formula is C15H18N2O2S2. The van der Waals surface area contributed by atoms with Gasteiger partial charge < -0.3 is 5.32 Å². The van der Waals surface area contributed by atoms with E-state index in [1.165, 1.54) is 6.26 Å². The predicted octanol–water partition coefficient (Wildman–Crippen LogP) is 3.19. The highest BCUT2D eigenvalue weighted by atomic mass is 32.2. The fraction of sp³-hybridized carbons (Fsp3) is 0.400. The van der Waals surface area contributed by atoms with Crippen LogP contribution in [0.1, 0.15) is 19.3 Å². The number of anilines is 1. The van der Waals surface area contributed by atoms with E-state index in [9.17, 15) is 8.42 Å². The van der Waals surface area contributed by atoms with Crippen molar-refractivity contribution in [3.05, 3.63) is 35.8 Å². The van der Waals surface area contributed by atoms with Crippen LogP contribution in [-0.4, -0.2) is 30.9 Å². The Morgan fingerprint density at radius 3 is 2.90 bits per heavy atom. The number of hydrogen-bond donors (Lipinski definition) is 1. The van der Waals surface area contributed by atoms with Gasteiger partial charge in [-0.05, 0) is 31.4 Å². The van der Waals surface area contributed by atoms with Crippen LogP contribution in [0.5, 0.6) is 0 Å². The monoisotopic (exact) mass is 322 g/mol. The molecule has 1 aliphatic rings. The molecule has 0 aliphatic heterocycles. The van der Waals surface area contributed by atoms with Gasteiger partial charge in [-0.2, -0.15) is 0 Å². The third-order valence-electron chi connectivity index (χ3n) is 3.90. The Kier molecular flexibility index (Phi) is 3.99. The first-order chi connectivity index (χ1) is 10.0. The van der Waals surface area contributed by atoms with E-state index in [4.69, 9.17) is 0 Å². The highest BCUT2D eigenvalue weighted by Gasteiger charge is 2.34. The first-order valence-electron chi connectivity index (χ1n) is 6.99. The summed E-state index contributed by atoms with van der Waals surface area (Å²) in [5.74, 6) is 0. The van der Waals surface area contributed by atoms with Gasteiger partial charge in [0.25, 0.3) is 0 Å². The minimum absolute atomic E-state index is 0.00606. The topological polar surface area (TPSA) is 59.1 Å². The van der Waals surface area contributed by atoms with Crippen molar-refractivity contribution < 1.29 is 8.42 Å².